The Morgan fingerprint density at radius 3 is 3.00 bits per heavy atom. The lowest BCUT2D eigenvalue weighted by atomic mass is 10.2. The van der Waals surface area contributed by atoms with Crippen LogP contribution in [-0.4, -0.2) is 21.9 Å². The first-order chi connectivity index (χ1) is 9.28. The topological polar surface area (TPSA) is 59.9 Å². The third-order valence-corrected chi connectivity index (χ3v) is 3.02. The van der Waals surface area contributed by atoms with Crippen LogP contribution in [-0.2, 0) is 6.54 Å². The highest BCUT2D eigenvalue weighted by molar-refractivity contribution is 5.79. The Labute approximate surface area is 109 Å². The number of pyridine rings is 1. The molecule has 2 heterocycles. The Hall–Kier alpha value is -2.56. The van der Waals surface area contributed by atoms with Gasteiger partial charge in [-0.2, -0.15) is 0 Å². The van der Waals surface area contributed by atoms with E-state index in [0.717, 1.165) is 16.8 Å². The minimum Gasteiger partial charge on any atom is -0.497 e. The van der Waals surface area contributed by atoms with E-state index in [1.165, 1.54) is 0 Å². The SMILES string of the molecule is COc1ccc2c(=O)n(Cc3cccnc3)[nH]c2c1. The van der Waals surface area contributed by atoms with E-state index in [4.69, 9.17) is 4.74 Å². The van der Waals surface area contributed by atoms with E-state index in [0.29, 0.717) is 11.9 Å². The summed E-state index contributed by atoms with van der Waals surface area (Å²) < 4.78 is 6.72. The molecule has 0 aliphatic heterocycles. The van der Waals surface area contributed by atoms with Crippen LogP contribution in [0.15, 0.2) is 47.5 Å². The van der Waals surface area contributed by atoms with E-state index in [2.05, 4.69) is 10.1 Å². The predicted octanol–water partition coefficient (Wildman–Crippen LogP) is 1.78. The van der Waals surface area contributed by atoms with Gasteiger partial charge in [0.2, 0.25) is 0 Å². The minimum absolute atomic E-state index is 0.0403. The van der Waals surface area contributed by atoms with Crippen molar-refractivity contribution in [3.8, 4) is 5.75 Å². The molecular formula is C14H13N3O2. The van der Waals surface area contributed by atoms with Crippen molar-refractivity contribution >= 4 is 10.9 Å². The molecule has 0 saturated carbocycles. The fraction of sp³-hybridized carbons (Fsp3) is 0.143. The summed E-state index contributed by atoms with van der Waals surface area (Å²) >= 11 is 0. The molecule has 1 N–H and O–H groups in total. The van der Waals surface area contributed by atoms with Gasteiger partial charge in [-0.15, -0.1) is 0 Å². The molecular weight excluding hydrogens is 242 g/mol. The van der Waals surface area contributed by atoms with Crippen molar-refractivity contribution in [1.29, 1.82) is 0 Å². The van der Waals surface area contributed by atoms with Gasteiger partial charge in [0.1, 0.15) is 5.75 Å². The number of fused-ring (bicyclic) bond motifs is 1. The average Bonchev–Trinajstić information content (AvgIpc) is 2.76. The van der Waals surface area contributed by atoms with Crippen LogP contribution in [0.3, 0.4) is 0 Å². The highest BCUT2D eigenvalue weighted by Crippen LogP contribution is 2.16. The van der Waals surface area contributed by atoms with Gasteiger partial charge in [-0.1, -0.05) is 6.07 Å². The lowest BCUT2D eigenvalue weighted by Gasteiger charge is -2.00. The van der Waals surface area contributed by atoms with Crippen LogP contribution in [0.4, 0.5) is 0 Å². The summed E-state index contributed by atoms with van der Waals surface area (Å²) in [6, 6.07) is 9.16. The third kappa shape index (κ3) is 2.10. The highest BCUT2D eigenvalue weighted by atomic mass is 16.5. The maximum atomic E-state index is 12.2. The Balaban J connectivity index is 2.05. The van der Waals surface area contributed by atoms with Gasteiger partial charge < -0.3 is 4.74 Å². The van der Waals surface area contributed by atoms with Crippen LogP contribution in [0.25, 0.3) is 10.9 Å². The molecule has 2 aromatic heterocycles. The monoisotopic (exact) mass is 255 g/mol. The van der Waals surface area contributed by atoms with Gasteiger partial charge in [0, 0.05) is 18.5 Å². The van der Waals surface area contributed by atoms with Crippen molar-refractivity contribution in [3.63, 3.8) is 0 Å². The number of benzene rings is 1. The Bertz CT molecular complexity index is 759. The number of ether oxygens (including phenoxy) is 1. The van der Waals surface area contributed by atoms with Crippen LogP contribution in [0, 0.1) is 0 Å². The zero-order valence-corrected chi connectivity index (χ0v) is 10.5. The summed E-state index contributed by atoms with van der Waals surface area (Å²) in [4.78, 5) is 16.2. The van der Waals surface area contributed by atoms with Crippen molar-refractivity contribution < 1.29 is 4.74 Å². The van der Waals surface area contributed by atoms with Gasteiger partial charge in [-0.3, -0.25) is 14.9 Å². The number of aromatic amines is 1. The number of hydrogen-bond donors (Lipinski definition) is 1. The molecule has 19 heavy (non-hydrogen) atoms. The van der Waals surface area contributed by atoms with Gasteiger partial charge >= 0.3 is 0 Å². The van der Waals surface area contributed by atoms with Crippen LogP contribution in [0.1, 0.15) is 5.56 Å². The molecule has 1 aromatic carbocycles. The van der Waals surface area contributed by atoms with Crippen LogP contribution < -0.4 is 10.3 Å². The number of methoxy groups -OCH3 is 1. The van der Waals surface area contributed by atoms with Gasteiger partial charge in [-0.05, 0) is 23.8 Å². The summed E-state index contributed by atoms with van der Waals surface area (Å²) in [5.74, 6) is 0.724. The Kier molecular flexibility index (Phi) is 2.79. The van der Waals surface area contributed by atoms with E-state index in [-0.39, 0.29) is 5.56 Å². The fourth-order valence-electron chi connectivity index (χ4n) is 2.06. The molecule has 0 radical (unpaired) electrons. The average molecular weight is 255 g/mol. The molecule has 0 aliphatic rings. The lowest BCUT2D eigenvalue weighted by Crippen LogP contribution is -2.17. The summed E-state index contributed by atoms with van der Waals surface area (Å²) in [5, 5.41) is 3.74. The number of rotatable bonds is 3. The van der Waals surface area contributed by atoms with Gasteiger partial charge in [0.15, 0.2) is 0 Å². The molecule has 3 rings (SSSR count). The maximum Gasteiger partial charge on any atom is 0.274 e. The molecule has 0 aliphatic carbocycles. The van der Waals surface area contributed by atoms with Crippen molar-refractivity contribution in [3.05, 3.63) is 58.6 Å². The minimum atomic E-state index is -0.0403. The molecule has 96 valence electrons. The number of nitrogens with one attached hydrogen (secondary N) is 1. The van der Waals surface area contributed by atoms with Crippen LogP contribution >= 0.6 is 0 Å². The van der Waals surface area contributed by atoms with Crippen molar-refractivity contribution in [2.24, 2.45) is 0 Å². The molecule has 0 unspecified atom stereocenters. The van der Waals surface area contributed by atoms with Gasteiger partial charge in [0.05, 0.1) is 24.6 Å². The molecule has 0 saturated heterocycles. The van der Waals surface area contributed by atoms with Crippen LogP contribution in [0.5, 0.6) is 5.75 Å². The first-order valence-electron chi connectivity index (χ1n) is 5.93. The normalized spacial score (nSPS) is 10.8. The van der Waals surface area contributed by atoms with Crippen molar-refractivity contribution in [1.82, 2.24) is 14.8 Å². The lowest BCUT2D eigenvalue weighted by molar-refractivity contribution is 0.415. The third-order valence-electron chi connectivity index (χ3n) is 3.02. The smallest absolute Gasteiger partial charge is 0.274 e. The first-order valence-corrected chi connectivity index (χ1v) is 5.93. The van der Waals surface area contributed by atoms with Gasteiger partial charge in [0.25, 0.3) is 5.56 Å². The standard InChI is InChI=1S/C14H13N3O2/c1-19-11-4-5-12-13(7-11)16-17(14(12)18)9-10-3-2-6-15-8-10/h2-8,16H,9H2,1H3. The van der Waals surface area contributed by atoms with Crippen LogP contribution in [0.2, 0.25) is 0 Å². The molecule has 3 aromatic rings. The quantitative estimate of drug-likeness (QED) is 0.776. The second-order valence-corrected chi connectivity index (χ2v) is 4.28. The Morgan fingerprint density at radius 1 is 1.37 bits per heavy atom. The van der Waals surface area contributed by atoms with E-state index in [1.807, 2.05) is 18.2 Å². The van der Waals surface area contributed by atoms with E-state index >= 15 is 0 Å². The number of aromatic nitrogens is 3. The molecule has 0 bridgehead atoms. The number of H-pyrrole nitrogens is 1. The summed E-state index contributed by atoms with van der Waals surface area (Å²) in [5.41, 5.74) is 1.71. The zero-order chi connectivity index (χ0) is 13.2. The molecule has 0 atom stereocenters. The largest absolute Gasteiger partial charge is 0.497 e. The first kappa shape index (κ1) is 11.5. The van der Waals surface area contributed by atoms with Gasteiger partial charge in [-0.25, -0.2) is 4.68 Å². The van der Waals surface area contributed by atoms with E-state index in [9.17, 15) is 4.79 Å². The molecule has 0 fully saturated rings. The molecule has 5 nitrogen and oxygen atoms in total. The molecule has 5 heteroatoms. The Morgan fingerprint density at radius 2 is 2.26 bits per heavy atom. The van der Waals surface area contributed by atoms with Crippen molar-refractivity contribution in [2.75, 3.05) is 7.11 Å². The highest BCUT2D eigenvalue weighted by Gasteiger charge is 2.07. The van der Waals surface area contributed by atoms with E-state index in [1.54, 1.807) is 36.3 Å². The fourth-order valence-corrected chi connectivity index (χ4v) is 2.06. The molecule has 0 amide bonds. The predicted molar refractivity (Wildman–Crippen MR) is 72.4 cm³/mol. The molecule has 0 spiro atoms. The number of hydrogen-bond acceptors (Lipinski definition) is 3. The second kappa shape index (κ2) is 4.61. The van der Waals surface area contributed by atoms with E-state index < -0.39 is 0 Å². The summed E-state index contributed by atoms with van der Waals surface area (Å²) in [6.45, 7) is 0.476. The second-order valence-electron chi connectivity index (χ2n) is 4.28. The maximum absolute atomic E-state index is 12.2. The summed E-state index contributed by atoms with van der Waals surface area (Å²) in [6.07, 6.45) is 3.46. The van der Waals surface area contributed by atoms with Crippen molar-refractivity contribution in [2.45, 2.75) is 6.54 Å². The zero-order valence-electron chi connectivity index (χ0n) is 10.5. The number of nitrogens with zero attached hydrogens (tertiary/aromatic N) is 2. The summed E-state index contributed by atoms with van der Waals surface area (Å²) in [7, 11) is 1.60.